The minimum absolute atomic E-state index is 0.0824. The number of carboxylic acids is 1. The zero-order valence-electron chi connectivity index (χ0n) is 22.0. The lowest BCUT2D eigenvalue weighted by Crippen LogP contribution is -2.22. The number of aryl methyl sites for hydroxylation is 1. The van der Waals surface area contributed by atoms with E-state index in [4.69, 9.17) is 11.6 Å². The van der Waals surface area contributed by atoms with Gasteiger partial charge in [0.25, 0.3) is 0 Å². The van der Waals surface area contributed by atoms with Crippen LogP contribution in [-0.2, 0) is 6.42 Å². The molecule has 3 aromatic rings. The first-order chi connectivity index (χ1) is 18.8. The fraction of sp³-hybridized carbons (Fsp3) is 0.303. The average Bonchev–Trinajstić information content (AvgIpc) is 3.28. The molecule has 3 aromatic carbocycles. The Morgan fingerprint density at radius 1 is 1.05 bits per heavy atom. The van der Waals surface area contributed by atoms with Crippen LogP contribution in [0.4, 0.5) is 8.78 Å². The topological polar surface area (TPSA) is 40.5 Å². The van der Waals surface area contributed by atoms with Gasteiger partial charge in [-0.3, -0.25) is 4.90 Å². The van der Waals surface area contributed by atoms with Gasteiger partial charge in [-0.2, -0.15) is 0 Å². The molecule has 202 valence electrons. The van der Waals surface area contributed by atoms with E-state index in [1.165, 1.54) is 11.1 Å². The van der Waals surface area contributed by atoms with Crippen LogP contribution in [0.1, 0.15) is 69.4 Å². The molecule has 1 aliphatic carbocycles. The van der Waals surface area contributed by atoms with Crippen LogP contribution in [0.2, 0.25) is 5.02 Å². The van der Waals surface area contributed by atoms with Gasteiger partial charge in [-0.1, -0.05) is 65.7 Å². The maximum Gasteiger partial charge on any atom is 0.335 e. The van der Waals surface area contributed by atoms with Crippen LogP contribution in [-0.4, -0.2) is 42.0 Å². The summed E-state index contributed by atoms with van der Waals surface area (Å²) in [6, 6.07) is 19.9. The number of fused-ring (bicyclic) bond motifs is 1. The standard InChI is InChI=1S/C33H32ClF2NO2/c1-21-27(5-3-7-30(21)34)29-6-2-4-25-19-26(33(38)39)12-13-28(25)32(29)24-10-8-22(9-11-24)18-23-14-16-37(20-23)17-15-31(35)36/h3,5,7-13,18-19,31H,2,4,6,14-17,20H2,1H3,(H,38,39). The van der Waals surface area contributed by atoms with Crippen molar-refractivity contribution in [3.8, 4) is 0 Å². The molecule has 3 nitrogen and oxygen atoms in total. The Kier molecular flexibility index (Phi) is 8.29. The van der Waals surface area contributed by atoms with E-state index in [0.717, 1.165) is 82.7 Å². The number of benzene rings is 3. The smallest absolute Gasteiger partial charge is 0.335 e. The zero-order chi connectivity index (χ0) is 27.5. The van der Waals surface area contributed by atoms with Crippen molar-refractivity contribution in [3.63, 3.8) is 0 Å². The number of nitrogens with zero attached hydrogens (tertiary/aromatic N) is 1. The van der Waals surface area contributed by atoms with Crippen molar-refractivity contribution < 1.29 is 18.7 Å². The van der Waals surface area contributed by atoms with Gasteiger partial charge in [0.15, 0.2) is 0 Å². The quantitative estimate of drug-likeness (QED) is 0.323. The van der Waals surface area contributed by atoms with E-state index < -0.39 is 12.4 Å². The maximum absolute atomic E-state index is 12.6. The number of alkyl halides is 2. The lowest BCUT2D eigenvalue weighted by Gasteiger charge is -2.19. The summed E-state index contributed by atoms with van der Waals surface area (Å²) in [7, 11) is 0. The Bertz CT molecular complexity index is 1440. The third kappa shape index (κ3) is 6.15. The van der Waals surface area contributed by atoms with Crippen LogP contribution in [0.5, 0.6) is 0 Å². The van der Waals surface area contributed by atoms with E-state index in [2.05, 4.69) is 41.3 Å². The van der Waals surface area contributed by atoms with Gasteiger partial charge in [0.1, 0.15) is 0 Å². The zero-order valence-corrected chi connectivity index (χ0v) is 22.8. The SMILES string of the molecule is Cc1c(Cl)cccc1C1=C(c2ccc(C=C3CCN(CCC(F)F)C3)cc2)c2ccc(C(=O)O)cc2CCC1. The van der Waals surface area contributed by atoms with Crippen molar-refractivity contribution in [3.05, 3.63) is 110 Å². The molecular formula is C33H32ClF2NO2. The monoisotopic (exact) mass is 547 g/mol. The number of allylic oxidation sites excluding steroid dienone is 1. The summed E-state index contributed by atoms with van der Waals surface area (Å²) in [5, 5.41) is 10.3. The van der Waals surface area contributed by atoms with Crippen molar-refractivity contribution in [1.82, 2.24) is 4.90 Å². The summed E-state index contributed by atoms with van der Waals surface area (Å²) in [5.41, 5.74) is 10.3. The predicted octanol–water partition coefficient (Wildman–Crippen LogP) is 8.39. The normalized spacial score (nSPS) is 17.1. The largest absolute Gasteiger partial charge is 0.478 e. The van der Waals surface area contributed by atoms with Crippen molar-refractivity contribution >= 4 is 34.8 Å². The van der Waals surface area contributed by atoms with Crippen molar-refractivity contribution in [1.29, 1.82) is 0 Å². The summed E-state index contributed by atoms with van der Waals surface area (Å²) < 4.78 is 25.2. The fourth-order valence-electron chi connectivity index (χ4n) is 5.77. The minimum atomic E-state index is -2.26. The van der Waals surface area contributed by atoms with Gasteiger partial charge < -0.3 is 5.11 Å². The van der Waals surface area contributed by atoms with Crippen molar-refractivity contribution in [2.24, 2.45) is 0 Å². The molecule has 0 radical (unpaired) electrons. The first-order valence-corrected chi connectivity index (χ1v) is 13.8. The Hall–Kier alpha value is -3.28. The summed E-state index contributed by atoms with van der Waals surface area (Å²) in [6.45, 7) is 4.03. The summed E-state index contributed by atoms with van der Waals surface area (Å²) in [4.78, 5) is 13.8. The highest BCUT2D eigenvalue weighted by Crippen LogP contribution is 2.42. The lowest BCUT2D eigenvalue weighted by atomic mass is 9.86. The van der Waals surface area contributed by atoms with Crippen LogP contribution in [0, 0.1) is 6.92 Å². The highest BCUT2D eigenvalue weighted by Gasteiger charge is 2.23. The maximum atomic E-state index is 12.6. The predicted molar refractivity (Wildman–Crippen MR) is 155 cm³/mol. The second-order valence-electron chi connectivity index (χ2n) is 10.4. The molecule has 0 amide bonds. The van der Waals surface area contributed by atoms with Crippen molar-refractivity contribution in [2.45, 2.75) is 45.5 Å². The molecule has 1 saturated heterocycles. The van der Waals surface area contributed by atoms with Gasteiger partial charge >= 0.3 is 5.97 Å². The molecule has 0 saturated carbocycles. The number of rotatable bonds is 7. The van der Waals surface area contributed by atoms with Gasteiger partial charge in [-0.05, 0) is 95.3 Å². The number of hydrogen-bond acceptors (Lipinski definition) is 2. The first kappa shape index (κ1) is 27.3. The Morgan fingerprint density at radius 2 is 1.85 bits per heavy atom. The molecule has 1 aliphatic heterocycles. The first-order valence-electron chi connectivity index (χ1n) is 13.5. The molecule has 0 unspecified atom stereocenters. The molecule has 1 N–H and O–H groups in total. The number of carboxylic acid groups (broad SMARTS) is 1. The summed E-state index contributed by atoms with van der Waals surface area (Å²) in [6.07, 6.45) is 3.29. The van der Waals surface area contributed by atoms with Crippen LogP contribution in [0.25, 0.3) is 17.2 Å². The van der Waals surface area contributed by atoms with Crippen LogP contribution < -0.4 is 0 Å². The molecule has 5 rings (SSSR count). The van der Waals surface area contributed by atoms with Crippen LogP contribution in [0.3, 0.4) is 0 Å². The van der Waals surface area contributed by atoms with E-state index in [-0.39, 0.29) is 6.42 Å². The molecule has 0 spiro atoms. The summed E-state index contributed by atoms with van der Waals surface area (Å²) >= 11 is 6.54. The number of aromatic carboxylic acids is 1. The number of carbonyl (C=O) groups is 1. The van der Waals surface area contributed by atoms with E-state index >= 15 is 0 Å². The second-order valence-corrected chi connectivity index (χ2v) is 10.8. The van der Waals surface area contributed by atoms with Crippen LogP contribution >= 0.6 is 11.6 Å². The van der Waals surface area contributed by atoms with Gasteiger partial charge in [0.05, 0.1) is 5.56 Å². The molecule has 1 heterocycles. The number of hydrogen-bond donors (Lipinski definition) is 1. The molecule has 0 atom stereocenters. The van der Waals surface area contributed by atoms with Crippen molar-refractivity contribution in [2.75, 3.05) is 19.6 Å². The van der Waals surface area contributed by atoms with Gasteiger partial charge in [0.2, 0.25) is 6.43 Å². The van der Waals surface area contributed by atoms with Gasteiger partial charge in [-0.25, -0.2) is 13.6 Å². The summed E-state index contributed by atoms with van der Waals surface area (Å²) in [5.74, 6) is -0.921. The Balaban J connectivity index is 1.54. The minimum Gasteiger partial charge on any atom is -0.478 e. The van der Waals surface area contributed by atoms with Gasteiger partial charge in [-0.15, -0.1) is 0 Å². The highest BCUT2D eigenvalue weighted by molar-refractivity contribution is 6.31. The molecule has 39 heavy (non-hydrogen) atoms. The third-order valence-electron chi connectivity index (χ3n) is 7.80. The van der Waals surface area contributed by atoms with E-state index in [0.29, 0.717) is 12.1 Å². The van der Waals surface area contributed by atoms with E-state index in [1.54, 1.807) is 6.07 Å². The third-order valence-corrected chi connectivity index (χ3v) is 8.21. The molecule has 0 aromatic heterocycles. The fourth-order valence-corrected chi connectivity index (χ4v) is 5.95. The molecule has 6 heteroatoms. The molecule has 1 fully saturated rings. The number of halogens is 3. The second kappa shape index (κ2) is 11.8. The Labute approximate surface area is 233 Å². The van der Waals surface area contributed by atoms with Gasteiger partial charge in [0, 0.05) is 31.1 Å². The lowest BCUT2D eigenvalue weighted by molar-refractivity contribution is 0.0696. The van der Waals surface area contributed by atoms with E-state index in [1.807, 2.05) is 31.2 Å². The average molecular weight is 548 g/mol. The number of likely N-dealkylation sites (tertiary alicyclic amines) is 1. The molecule has 2 aliphatic rings. The van der Waals surface area contributed by atoms with E-state index in [9.17, 15) is 18.7 Å². The molecular weight excluding hydrogens is 516 g/mol. The van der Waals surface area contributed by atoms with Crippen LogP contribution in [0.15, 0.2) is 66.2 Å². The Morgan fingerprint density at radius 3 is 2.59 bits per heavy atom. The highest BCUT2D eigenvalue weighted by atomic mass is 35.5. The molecule has 0 bridgehead atoms.